The lowest BCUT2D eigenvalue weighted by molar-refractivity contribution is 0.397. The highest BCUT2D eigenvalue weighted by Crippen LogP contribution is 2.20. The van der Waals surface area contributed by atoms with Crippen molar-refractivity contribution >= 4 is 31.1 Å². The quantitative estimate of drug-likeness (QED) is 0.405. The molecule has 0 fully saturated rings. The molecule has 2 heteroatoms. The number of hydrogen-bond donors (Lipinski definition) is 0. The molecule has 0 heterocycles. The lowest BCUT2D eigenvalue weighted by atomic mass is 9.93. The Morgan fingerprint density at radius 1 is 0.765 bits per heavy atom. The predicted molar refractivity (Wildman–Crippen MR) is 85.0 cm³/mol. The van der Waals surface area contributed by atoms with E-state index in [1.165, 1.54) is 49.5 Å². The third-order valence-electron chi connectivity index (χ3n) is 3.70. The molecule has 100 valence electrons. The van der Waals surface area contributed by atoms with E-state index in [0.29, 0.717) is 0 Å². The summed E-state index contributed by atoms with van der Waals surface area (Å²) in [4.78, 5) is 0. The second-order valence-corrected chi connectivity index (χ2v) is 9.76. The Labute approximate surface area is 125 Å². The van der Waals surface area contributed by atoms with Gasteiger partial charge < -0.3 is 12.9 Å². The Balaban J connectivity index is 3.34. The predicted octanol–water partition coefficient (Wildman–Crippen LogP) is 6.08. The molecule has 0 amide bonds. The smallest absolute Gasteiger partial charge is 0.307 e. The third-order valence-corrected chi connectivity index (χ3v) is 6.06. The summed E-state index contributed by atoms with van der Waals surface area (Å²) in [6, 6.07) is 0. The van der Waals surface area contributed by atoms with Crippen molar-refractivity contribution in [3.05, 3.63) is 0 Å². The van der Waals surface area contributed by atoms with Crippen LogP contribution in [0.25, 0.3) is 0 Å². The zero-order valence-corrected chi connectivity index (χ0v) is 15.5. The summed E-state index contributed by atoms with van der Waals surface area (Å²) in [5.41, 5.74) is 0. The topological polar surface area (TPSA) is 0 Å². The summed E-state index contributed by atoms with van der Waals surface area (Å²) < 4.78 is 1.48. The molecule has 0 saturated heterocycles. The van der Waals surface area contributed by atoms with Crippen molar-refractivity contribution in [2.24, 2.45) is 17.8 Å². The highest BCUT2D eigenvalue weighted by molar-refractivity contribution is 9.23. The first kappa shape index (κ1) is 18.2. The lowest BCUT2D eigenvalue weighted by Gasteiger charge is -2.14. The maximum Gasteiger partial charge on any atom is 0.468 e. The molecule has 0 aromatic carbocycles. The SMILES string of the molecule is CC(C)CCCC(C)CCCC(C)C[CH2][Mg][Br]. The van der Waals surface area contributed by atoms with Crippen LogP contribution in [-0.4, -0.2) is 18.2 Å². The summed E-state index contributed by atoms with van der Waals surface area (Å²) in [5, 5.41) is 0. The summed E-state index contributed by atoms with van der Waals surface area (Å²) >= 11 is 3.77. The minimum Gasteiger partial charge on any atom is -0.307 e. The number of rotatable bonds is 11. The maximum absolute atomic E-state index is 3.65. The van der Waals surface area contributed by atoms with Gasteiger partial charge in [0.2, 0.25) is 0 Å². The van der Waals surface area contributed by atoms with Gasteiger partial charge in [-0.2, -0.15) is 0 Å². The molecule has 0 bridgehead atoms. The monoisotopic (exact) mass is 314 g/mol. The van der Waals surface area contributed by atoms with E-state index in [0.717, 1.165) is 17.8 Å². The van der Waals surface area contributed by atoms with Gasteiger partial charge in [0.25, 0.3) is 0 Å². The Morgan fingerprint density at radius 2 is 1.24 bits per heavy atom. The molecule has 0 aromatic rings. The van der Waals surface area contributed by atoms with Crippen LogP contribution in [0.2, 0.25) is 4.55 Å². The first-order valence-electron chi connectivity index (χ1n) is 7.62. The molecule has 2 unspecified atom stereocenters. The second kappa shape index (κ2) is 12.3. The van der Waals surface area contributed by atoms with Crippen LogP contribution in [0.15, 0.2) is 0 Å². The van der Waals surface area contributed by atoms with Crippen molar-refractivity contribution < 1.29 is 0 Å². The molecule has 0 rings (SSSR count). The fraction of sp³-hybridized carbons (Fsp3) is 1.00. The van der Waals surface area contributed by atoms with E-state index in [4.69, 9.17) is 0 Å². The van der Waals surface area contributed by atoms with Gasteiger partial charge in [0, 0.05) is 0 Å². The van der Waals surface area contributed by atoms with E-state index < -0.39 is 0 Å². The van der Waals surface area contributed by atoms with Gasteiger partial charge in [-0.15, -0.1) is 4.55 Å². The summed E-state index contributed by atoms with van der Waals surface area (Å²) in [6.45, 7) is 9.54. The van der Waals surface area contributed by atoms with Crippen LogP contribution in [0.3, 0.4) is 0 Å². The second-order valence-electron chi connectivity index (χ2n) is 6.30. The minimum atomic E-state index is 0.126. The van der Waals surface area contributed by atoms with Crippen LogP contribution in [0.4, 0.5) is 0 Å². The zero-order chi connectivity index (χ0) is 13.1. The molecule has 0 N–H and O–H groups in total. The summed E-state index contributed by atoms with van der Waals surface area (Å²) in [7, 11) is 0. The molecule has 0 aliphatic carbocycles. The molecule has 0 aliphatic rings. The van der Waals surface area contributed by atoms with Crippen LogP contribution in [0.5, 0.6) is 0 Å². The van der Waals surface area contributed by atoms with Crippen molar-refractivity contribution in [3.8, 4) is 0 Å². The maximum atomic E-state index is 3.65. The fourth-order valence-electron chi connectivity index (χ4n) is 2.40. The van der Waals surface area contributed by atoms with Gasteiger partial charge in [-0.1, -0.05) is 72.6 Å². The molecule has 0 aromatic heterocycles. The largest absolute Gasteiger partial charge is 0.468 e. The minimum absolute atomic E-state index is 0.126. The number of halogens is 1. The van der Waals surface area contributed by atoms with Gasteiger partial charge in [0.1, 0.15) is 0 Å². The van der Waals surface area contributed by atoms with Gasteiger partial charge in [0.15, 0.2) is 0 Å². The van der Waals surface area contributed by atoms with Crippen molar-refractivity contribution in [1.82, 2.24) is 0 Å². The van der Waals surface area contributed by atoms with Gasteiger partial charge in [-0.25, -0.2) is 0 Å². The zero-order valence-electron chi connectivity index (χ0n) is 12.5. The molecule has 0 radical (unpaired) electrons. The first-order chi connectivity index (χ1) is 8.06. The van der Waals surface area contributed by atoms with E-state index in [-0.39, 0.29) is 18.2 Å². The lowest BCUT2D eigenvalue weighted by Crippen LogP contribution is -2.00. The Bertz CT molecular complexity index is 159. The van der Waals surface area contributed by atoms with Crippen molar-refractivity contribution in [1.29, 1.82) is 0 Å². The van der Waals surface area contributed by atoms with Gasteiger partial charge in [0.05, 0.1) is 0 Å². The molecule has 0 spiro atoms. The van der Waals surface area contributed by atoms with E-state index >= 15 is 0 Å². The molecular weight excluding hydrogens is 284 g/mol. The molecule has 2 atom stereocenters. The van der Waals surface area contributed by atoms with E-state index in [9.17, 15) is 0 Å². The van der Waals surface area contributed by atoms with E-state index in [2.05, 4.69) is 40.6 Å². The molecule has 0 nitrogen and oxygen atoms in total. The number of hydrogen-bond acceptors (Lipinski definition) is 0. The molecular formula is C15H31BrMg. The van der Waals surface area contributed by atoms with E-state index in [1.807, 2.05) is 0 Å². The summed E-state index contributed by atoms with van der Waals surface area (Å²) in [6.07, 6.45) is 10.1. The van der Waals surface area contributed by atoms with Crippen LogP contribution in [0, 0.1) is 17.8 Å². The van der Waals surface area contributed by atoms with Crippen LogP contribution < -0.4 is 0 Å². The van der Waals surface area contributed by atoms with Crippen LogP contribution >= 0.6 is 12.9 Å². The molecule has 0 saturated carbocycles. The summed E-state index contributed by atoms with van der Waals surface area (Å²) in [5.74, 6) is 2.80. The van der Waals surface area contributed by atoms with Crippen molar-refractivity contribution in [3.63, 3.8) is 0 Å². The highest BCUT2D eigenvalue weighted by atomic mass is 79.9. The molecule has 0 aliphatic heterocycles. The van der Waals surface area contributed by atoms with Gasteiger partial charge in [-0.3, -0.25) is 0 Å². The van der Waals surface area contributed by atoms with Crippen LogP contribution in [0.1, 0.15) is 72.6 Å². The fourth-order valence-corrected chi connectivity index (χ4v) is 4.23. The Kier molecular flexibility index (Phi) is 13.2. The van der Waals surface area contributed by atoms with Crippen molar-refractivity contribution in [2.45, 2.75) is 77.2 Å². The van der Waals surface area contributed by atoms with Gasteiger partial charge >= 0.3 is 18.2 Å². The Morgan fingerprint density at radius 3 is 1.71 bits per heavy atom. The average molecular weight is 316 g/mol. The van der Waals surface area contributed by atoms with E-state index in [1.54, 1.807) is 0 Å². The average Bonchev–Trinajstić information content (AvgIpc) is 2.25. The van der Waals surface area contributed by atoms with Crippen LogP contribution in [-0.2, 0) is 0 Å². The normalized spacial score (nSPS) is 14.7. The van der Waals surface area contributed by atoms with Crippen molar-refractivity contribution in [2.75, 3.05) is 0 Å². The third kappa shape index (κ3) is 13.5. The molecule has 17 heavy (non-hydrogen) atoms. The first-order valence-corrected chi connectivity index (χ1v) is 12.5. The Hall–Kier alpha value is 1.25. The highest BCUT2D eigenvalue weighted by Gasteiger charge is 2.06. The standard InChI is InChI=1S/C15H31.BrH.Mg/c1-6-14(4)10-8-12-15(5)11-7-9-13(2)3;;/h13-15H,1,6-12H2,2-5H3;1H;/q;;+1/p-1. The van der Waals surface area contributed by atoms with Gasteiger partial charge in [-0.05, 0) is 17.8 Å².